The molecule has 0 aliphatic carbocycles. The first-order chi connectivity index (χ1) is 11.6. The topological polar surface area (TPSA) is 78.0 Å². The Morgan fingerprint density at radius 3 is 2.40 bits per heavy atom. The summed E-state index contributed by atoms with van der Waals surface area (Å²) < 4.78 is 64.0. The normalized spacial score (nSPS) is 12.5. The Kier molecular flexibility index (Phi) is 4.21. The first-order valence-electron chi connectivity index (χ1n) is 6.93. The van der Waals surface area contributed by atoms with Gasteiger partial charge in [-0.25, -0.2) is 18.2 Å². The fraction of sp³-hybridized carbons (Fsp3) is 0.133. The second kappa shape index (κ2) is 5.97. The van der Waals surface area contributed by atoms with Crippen molar-refractivity contribution in [1.82, 2.24) is 9.78 Å². The first kappa shape index (κ1) is 17.6. The Morgan fingerprint density at radius 2 is 1.84 bits per heavy atom. The number of aromatic nitrogens is 2. The van der Waals surface area contributed by atoms with E-state index in [0.29, 0.717) is 4.88 Å². The quantitative estimate of drug-likeness (QED) is 0.746. The van der Waals surface area contributed by atoms with Crippen LogP contribution in [0.1, 0.15) is 10.6 Å². The van der Waals surface area contributed by atoms with Gasteiger partial charge in [0.25, 0.3) is 0 Å². The molecule has 0 saturated heterocycles. The number of para-hydroxylation sites is 1. The van der Waals surface area contributed by atoms with Gasteiger partial charge in [0, 0.05) is 4.88 Å². The Bertz CT molecular complexity index is 1040. The SMILES string of the molecule is Cc1ccc(-c2cc(C(F)(F)F)nn2-c2ccccc2S(N)(=O)=O)s1. The zero-order chi connectivity index (χ0) is 18.4. The molecule has 0 radical (unpaired) electrons. The number of hydrogen-bond acceptors (Lipinski definition) is 4. The maximum Gasteiger partial charge on any atom is 0.435 e. The van der Waals surface area contributed by atoms with Crippen LogP contribution in [0.3, 0.4) is 0 Å². The van der Waals surface area contributed by atoms with Crippen LogP contribution in [0.25, 0.3) is 16.3 Å². The number of nitrogens with two attached hydrogens (primary N) is 1. The molecular formula is C15H12F3N3O2S2. The molecule has 25 heavy (non-hydrogen) atoms. The van der Waals surface area contributed by atoms with Crippen LogP contribution < -0.4 is 5.14 Å². The maximum atomic E-state index is 13.1. The Balaban J connectivity index is 2.32. The summed E-state index contributed by atoms with van der Waals surface area (Å²) in [5.41, 5.74) is -1.01. The van der Waals surface area contributed by atoms with Crippen LogP contribution in [0.15, 0.2) is 47.4 Å². The van der Waals surface area contributed by atoms with Crippen LogP contribution >= 0.6 is 11.3 Å². The van der Waals surface area contributed by atoms with Crippen molar-refractivity contribution < 1.29 is 21.6 Å². The van der Waals surface area contributed by atoms with Gasteiger partial charge in [-0.2, -0.15) is 18.3 Å². The third-order valence-corrected chi connectivity index (χ3v) is 5.37. The number of benzene rings is 1. The van der Waals surface area contributed by atoms with E-state index in [4.69, 9.17) is 5.14 Å². The van der Waals surface area contributed by atoms with Crippen LogP contribution in [0.4, 0.5) is 13.2 Å². The number of aryl methyl sites for hydroxylation is 1. The minimum absolute atomic E-state index is 0.0402. The van der Waals surface area contributed by atoms with Crippen molar-refractivity contribution in [3.63, 3.8) is 0 Å². The highest BCUT2D eigenvalue weighted by Gasteiger charge is 2.36. The predicted molar refractivity (Wildman–Crippen MR) is 88.0 cm³/mol. The number of alkyl halides is 3. The molecule has 132 valence electrons. The summed E-state index contributed by atoms with van der Waals surface area (Å²) in [5, 5.41) is 8.78. The van der Waals surface area contributed by atoms with E-state index in [0.717, 1.165) is 15.6 Å². The van der Waals surface area contributed by atoms with Gasteiger partial charge in [-0.05, 0) is 37.3 Å². The zero-order valence-electron chi connectivity index (χ0n) is 12.8. The van der Waals surface area contributed by atoms with Crippen molar-refractivity contribution in [2.24, 2.45) is 5.14 Å². The predicted octanol–water partition coefficient (Wildman–Crippen LogP) is 3.58. The molecule has 0 aliphatic rings. The van der Waals surface area contributed by atoms with Gasteiger partial charge in [-0.1, -0.05) is 12.1 Å². The molecule has 0 spiro atoms. The van der Waals surface area contributed by atoms with Gasteiger partial charge in [-0.15, -0.1) is 11.3 Å². The Morgan fingerprint density at radius 1 is 1.16 bits per heavy atom. The van der Waals surface area contributed by atoms with Crippen molar-refractivity contribution in [3.05, 3.63) is 53.0 Å². The second-order valence-corrected chi connectivity index (χ2v) is 8.07. The van der Waals surface area contributed by atoms with Crippen LogP contribution in [0.5, 0.6) is 0 Å². The van der Waals surface area contributed by atoms with Crippen molar-refractivity contribution in [2.75, 3.05) is 0 Å². The van der Waals surface area contributed by atoms with E-state index in [9.17, 15) is 21.6 Å². The van der Waals surface area contributed by atoms with Crippen molar-refractivity contribution >= 4 is 21.4 Å². The molecule has 0 amide bonds. The molecule has 2 aromatic heterocycles. The molecule has 2 heterocycles. The van der Waals surface area contributed by atoms with E-state index in [1.54, 1.807) is 12.1 Å². The molecule has 3 aromatic rings. The number of thiophene rings is 1. The number of nitrogens with zero attached hydrogens (tertiary/aromatic N) is 2. The fourth-order valence-electron chi connectivity index (χ4n) is 2.32. The average molecular weight is 387 g/mol. The number of primary sulfonamides is 1. The summed E-state index contributed by atoms with van der Waals surface area (Å²) in [4.78, 5) is 1.13. The molecule has 0 aliphatic heterocycles. The van der Waals surface area contributed by atoms with Crippen molar-refractivity contribution in [2.45, 2.75) is 18.0 Å². The van der Waals surface area contributed by atoms with Crippen molar-refractivity contribution in [3.8, 4) is 16.3 Å². The monoisotopic (exact) mass is 387 g/mol. The molecule has 10 heteroatoms. The first-order valence-corrected chi connectivity index (χ1v) is 9.30. The molecule has 0 saturated carbocycles. The summed E-state index contributed by atoms with van der Waals surface area (Å²) in [5.74, 6) is 0. The van der Waals surface area contributed by atoms with E-state index in [2.05, 4.69) is 5.10 Å². The highest BCUT2D eigenvalue weighted by Crippen LogP contribution is 2.36. The molecule has 5 nitrogen and oxygen atoms in total. The standard InChI is InChI=1S/C15H12F3N3O2S2/c1-9-6-7-12(24-9)11-8-14(15(16,17)18)20-21(11)10-4-2-3-5-13(10)25(19,22)23/h2-8H,1H3,(H2,19,22,23). The summed E-state index contributed by atoms with van der Waals surface area (Å²) in [6.07, 6.45) is -4.66. The molecule has 2 N–H and O–H groups in total. The second-order valence-electron chi connectivity index (χ2n) is 5.25. The highest BCUT2D eigenvalue weighted by atomic mass is 32.2. The molecule has 1 aromatic carbocycles. The van der Waals surface area contributed by atoms with Crippen LogP contribution in [0, 0.1) is 6.92 Å². The van der Waals surface area contributed by atoms with Crippen LogP contribution in [0.2, 0.25) is 0 Å². The average Bonchev–Trinajstić information content (AvgIpc) is 3.11. The van der Waals surface area contributed by atoms with E-state index in [1.807, 2.05) is 6.92 Å². The summed E-state index contributed by atoms with van der Waals surface area (Å²) in [7, 11) is -4.14. The highest BCUT2D eigenvalue weighted by molar-refractivity contribution is 7.89. The van der Waals surface area contributed by atoms with Gasteiger partial charge in [0.15, 0.2) is 5.69 Å². The largest absolute Gasteiger partial charge is 0.435 e. The van der Waals surface area contributed by atoms with Crippen LogP contribution in [-0.2, 0) is 16.2 Å². The van der Waals surface area contributed by atoms with Gasteiger partial charge in [0.1, 0.15) is 4.90 Å². The summed E-state index contributed by atoms with van der Waals surface area (Å²) in [6.45, 7) is 1.82. The molecule has 3 rings (SSSR count). The van der Waals surface area contributed by atoms with E-state index in [-0.39, 0.29) is 16.3 Å². The van der Waals surface area contributed by atoms with E-state index >= 15 is 0 Å². The van der Waals surface area contributed by atoms with Gasteiger partial charge in [0.05, 0.1) is 16.3 Å². The van der Waals surface area contributed by atoms with Crippen LogP contribution in [-0.4, -0.2) is 18.2 Å². The number of halogens is 3. The Labute approximate surface area is 145 Å². The smallest absolute Gasteiger partial charge is 0.230 e. The van der Waals surface area contributed by atoms with Crippen molar-refractivity contribution in [1.29, 1.82) is 0 Å². The maximum absolute atomic E-state index is 13.1. The zero-order valence-corrected chi connectivity index (χ0v) is 14.4. The van der Waals surface area contributed by atoms with Gasteiger partial charge >= 0.3 is 6.18 Å². The molecule has 0 atom stereocenters. The molecule has 0 fully saturated rings. The fourth-order valence-corrected chi connectivity index (χ4v) is 3.91. The summed E-state index contributed by atoms with van der Waals surface area (Å²) in [6, 6.07) is 9.84. The third-order valence-electron chi connectivity index (χ3n) is 3.39. The number of hydrogen-bond donors (Lipinski definition) is 1. The molecule has 0 bridgehead atoms. The van der Waals surface area contributed by atoms with E-state index < -0.39 is 21.9 Å². The lowest BCUT2D eigenvalue weighted by atomic mass is 10.2. The lowest BCUT2D eigenvalue weighted by molar-refractivity contribution is -0.141. The lowest BCUT2D eigenvalue weighted by Crippen LogP contribution is -2.16. The van der Waals surface area contributed by atoms with Gasteiger partial charge < -0.3 is 0 Å². The lowest BCUT2D eigenvalue weighted by Gasteiger charge is -2.10. The van der Waals surface area contributed by atoms with Gasteiger partial charge in [0.2, 0.25) is 10.0 Å². The number of sulfonamides is 1. The third kappa shape index (κ3) is 3.46. The van der Waals surface area contributed by atoms with E-state index in [1.165, 1.54) is 35.6 Å². The minimum Gasteiger partial charge on any atom is -0.230 e. The molecule has 0 unspecified atom stereocenters. The van der Waals surface area contributed by atoms with Gasteiger partial charge in [-0.3, -0.25) is 0 Å². The molecular weight excluding hydrogens is 375 g/mol. The Hall–Kier alpha value is -2.17. The summed E-state index contributed by atoms with van der Waals surface area (Å²) >= 11 is 1.28. The minimum atomic E-state index is -4.66. The number of rotatable bonds is 3.